The summed E-state index contributed by atoms with van der Waals surface area (Å²) >= 11 is -11.8. The van der Waals surface area contributed by atoms with Gasteiger partial charge in [-0.1, -0.05) is 0 Å². The quantitative estimate of drug-likeness (QED) is 0.347. The molecule has 0 saturated heterocycles. The summed E-state index contributed by atoms with van der Waals surface area (Å²) in [5.41, 5.74) is 0. The van der Waals surface area contributed by atoms with Crippen molar-refractivity contribution in [1.82, 2.24) is 0 Å². The van der Waals surface area contributed by atoms with Crippen molar-refractivity contribution in [1.29, 1.82) is 0 Å². The van der Waals surface area contributed by atoms with Crippen LogP contribution in [0.15, 0.2) is 0 Å². The molecule has 0 aromatic heterocycles. The molecule has 0 N–H and O–H groups in total. The molecule has 13 heteroatoms. The summed E-state index contributed by atoms with van der Waals surface area (Å²) in [4.78, 5) is 0. The van der Waals surface area contributed by atoms with E-state index in [0.717, 1.165) is 0 Å². The van der Waals surface area contributed by atoms with Crippen LogP contribution >= 0.6 is 0 Å². The van der Waals surface area contributed by atoms with E-state index in [0.29, 0.717) is 0 Å². The zero-order chi connectivity index (χ0) is 9.00. The van der Waals surface area contributed by atoms with Crippen LogP contribution in [0.3, 0.4) is 0 Å². The zero-order valence-electron chi connectivity index (χ0n) is 5.06. The second-order valence-corrected chi connectivity index (χ2v) is 3.69. The summed E-state index contributed by atoms with van der Waals surface area (Å²) in [6, 6.07) is 0. The first-order valence-electron chi connectivity index (χ1n) is 1.46. The molecule has 0 fully saturated rings. The van der Waals surface area contributed by atoms with Gasteiger partial charge in [0.15, 0.2) is 0 Å². The Labute approximate surface area is 112 Å². The maximum absolute atomic E-state index is 8.61. The van der Waals surface area contributed by atoms with E-state index >= 15 is 0 Å². The van der Waals surface area contributed by atoms with Gasteiger partial charge in [0, 0.05) is 0 Å². The molecule has 0 rings (SSSR count). The molecule has 0 aliphatic heterocycles. The van der Waals surface area contributed by atoms with Crippen LogP contribution in [0.4, 0.5) is 0 Å². The van der Waals surface area contributed by atoms with Crippen molar-refractivity contribution in [2.24, 2.45) is 0 Å². The first-order chi connectivity index (χ1) is 4.00. The molecular formula is Cu3O8V2. The minimum atomic E-state index is -5.88. The van der Waals surface area contributed by atoms with Gasteiger partial charge in [-0.25, -0.2) is 0 Å². The third kappa shape index (κ3) is 472. The fourth-order valence-electron chi connectivity index (χ4n) is 0. The van der Waals surface area contributed by atoms with E-state index in [1.807, 2.05) is 0 Å². The summed E-state index contributed by atoms with van der Waals surface area (Å²) in [5, 5.41) is 0. The average Bonchev–Trinajstić information content (AvgIpc) is 1.12. The van der Waals surface area contributed by atoms with Gasteiger partial charge in [0.2, 0.25) is 0 Å². The van der Waals surface area contributed by atoms with E-state index in [1.165, 1.54) is 0 Å². The summed E-state index contributed by atoms with van der Waals surface area (Å²) in [7, 11) is 0. The third-order valence-electron chi connectivity index (χ3n) is 0. The molecule has 0 aliphatic rings. The van der Waals surface area contributed by atoms with Crippen molar-refractivity contribution in [3.8, 4) is 0 Å². The number of hydrogen-bond donors (Lipinski definition) is 0. The molecule has 13 heavy (non-hydrogen) atoms. The third-order valence-corrected chi connectivity index (χ3v) is 0. The normalized spacial score (nSPS) is 9.08. The van der Waals surface area contributed by atoms with E-state index in [1.54, 1.807) is 0 Å². The number of rotatable bonds is 0. The second kappa shape index (κ2) is 12.2. The molecule has 0 unspecified atom stereocenters. The van der Waals surface area contributed by atoms with Crippen LogP contribution in [-0.4, -0.2) is 0 Å². The van der Waals surface area contributed by atoms with Crippen molar-refractivity contribution < 1.29 is 113 Å². The minimum absolute atomic E-state index is 0. The zero-order valence-corrected chi connectivity index (χ0v) is 10.7. The van der Waals surface area contributed by atoms with Crippen LogP contribution in [0.2, 0.25) is 0 Å². The van der Waals surface area contributed by atoms with Gasteiger partial charge < -0.3 is 0 Å². The molecule has 0 heterocycles. The Morgan fingerprint density at radius 1 is 0.538 bits per heavy atom. The fraction of sp³-hybridized carbons (Fsp3) is 0. The predicted molar refractivity (Wildman–Crippen MR) is 1.37 cm³/mol. The standard InChI is InChI=1S/3Cu.8O.2V/q3*+2;;;6*-1;;. The van der Waals surface area contributed by atoms with Crippen LogP contribution in [0.25, 0.3) is 0 Å². The molecule has 0 aromatic carbocycles. The molecule has 0 aromatic rings. The average molecular weight is 421 g/mol. The van der Waals surface area contributed by atoms with Gasteiger partial charge in [-0.2, -0.15) is 0 Å². The number of hydrogen-bond acceptors (Lipinski definition) is 8. The first kappa shape index (κ1) is 29.4. The van der Waals surface area contributed by atoms with Gasteiger partial charge in [-0.15, -0.1) is 0 Å². The fourth-order valence-corrected chi connectivity index (χ4v) is 0. The van der Waals surface area contributed by atoms with Crippen LogP contribution in [0.5, 0.6) is 0 Å². The van der Waals surface area contributed by atoms with Crippen LogP contribution < -0.4 is 24.2 Å². The van der Waals surface area contributed by atoms with Gasteiger partial charge in [0.1, 0.15) is 0 Å². The van der Waals surface area contributed by atoms with Crippen LogP contribution in [-0.2, 0) is 88.6 Å². The molecule has 0 saturated carbocycles. The van der Waals surface area contributed by atoms with Gasteiger partial charge in [0.25, 0.3) is 0 Å². The second-order valence-electron chi connectivity index (χ2n) is 0.894. The SMILES string of the molecule is [Cu+2].[Cu+2].[Cu+2].[O]=[V]([O-])([O-])[O-].[O]=[V]([O-])([O-])[O-]. The van der Waals surface area contributed by atoms with Gasteiger partial charge >= 0.3 is 113 Å². The van der Waals surface area contributed by atoms with E-state index in [2.05, 4.69) is 0 Å². The Morgan fingerprint density at radius 2 is 0.538 bits per heavy atom. The van der Waals surface area contributed by atoms with E-state index < -0.39 is 30.0 Å². The van der Waals surface area contributed by atoms with Gasteiger partial charge in [-0.3, -0.25) is 0 Å². The summed E-state index contributed by atoms with van der Waals surface area (Å²) < 4.78 is 68.9. The van der Waals surface area contributed by atoms with Crippen molar-refractivity contribution in [2.75, 3.05) is 0 Å². The van der Waals surface area contributed by atoms with Gasteiger partial charge in [0.05, 0.1) is 0 Å². The molecular weight excluding hydrogens is 421 g/mol. The van der Waals surface area contributed by atoms with Crippen molar-refractivity contribution >= 4 is 0 Å². The Balaban J connectivity index is -0.0000000267. The maximum atomic E-state index is 8.61. The molecule has 8 nitrogen and oxygen atoms in total. The Hall–Kier alpha value is 2.09. The van der Waals surface area contributed by atoms with Crippen molar-refractivity contribution in [3.63, 3.8) is 0 Å². The molecule has 0 atom stereocenters. The van der Waals surface area contributed by atoms with Crippen LogP contribution in [0, 0.1) is 0 Å². The summed E-state index contributed by atoms with van der Waals surface area (Å²) in [6.45, 7) is 0. The van der Waals surface area contributed by atoms with Crippen molar-refractivity contribution in [3.05, 3.63) is 0 Å². The molecule has 91 valence electrons. The molecule has 0 bridgehead atoms. The van der Waals surface area contributed by atoms with Crippen molar-refractivity contribution in [2.45, 2.75) is 0 Å². The van der Waals surface area contributed by atoms with E-state index in [9.17, 15) is 0 Å². The van der Waals surface area contributed by atoms with Gasteiger partial charge in [-0.05, 0) is 0 Å². The predicted octanol–water partition coefficient (Wildman–Crippen LogP) is -7.38. The Morgan fingerprint density at radius 3 is 0.538 bits per heavy atom. The summed E-state index contributed by atoms with van der Waals surface area (Å²) in [5.74, 6) is 0. The monoisotopic (exact) mass is 419 g/mol. The summed E-state index contributed by atoms with van der Waals surface area (Å²) in [6.07, 6.45) is 0. The molecule has 0 spiro atoms. The first-order valence-corrected chi connectivity index (χ1v) is 6.02. The van der Waals surface area contributed by atoms with Crippen LogP contribution in [0.1, 0.15) is 0 Å². The van der Waals surface area contributed by atoms with E-state index in [-0.39, 0.29) is 51.2 Å². The Kier molecular flexibility index (Phi) is 27.5. The topological polar surface area (TPSA) is 172 Å². The van der Waals surface area contributed by atoms with E-state index in [4.69, 9.17) is 31.5 Å². The Bertz CT molecular complexity index is 130. The molecule has 3 radical (unpaired) electrons. The molecule has 0 aliphatic carbocycles. The molecule has 0 amide bonds.